The average molecular weight is 384 g/mol. The molecule has 0 spiro atoms. The molecule has 2 aromatic rings. The molecule has 1 aromatic heterocycles. The van der Waals surface area contributed by atoms with Crippen LogP contribution in [-0.4, -0.2) is 24.0 Å². The standard InChI is InChI=1S/C21H22F2N4O/c22-18-5-3-17(10-19(18)23)13-26-21(28)6-4-15-2-1-9-27(14-15)20-11-16(12-24)7-8-25-20/h3,5,7-8,10-11,15H,1-2,4,6,9,13-14H2,(H,26,28)/t15-/m0/s1. The third-order valence-corrected chi connectivity index (χ3v) is 4.97. The molecule has 1 atom stereocenters. The van der Waals surface area contributed by atoms with Crippen molar-refractivity contribution in [1.82, 2.24) is 10.3 Å². The number of pyridine rings is 1. The van der Waals surface area contributed by atoms with E-state index >= 15 is 0 Å². The second kappa shape index (κ2) is 9.27. The van der Waals surface area contributed by atoms with Crippen molar-refractivity contribution in [2.24, 2.45) is 5.92 Å². The molecule has 0 unspecified atom stereocenters. The van der Waals surface area contributed by atoms with Gasteiger partial charge in [-0.3, -0.25) is 4.79 Å². The van der Waals surface area contributed by atoms with Crippen molar-refractivity contribution >= 4 is 11.7 Å². The quantitative estimate of drug-likeness (QED) is 0.827. The summed E-state index contributed by atoms with van der Waals surface area (Å²) in [5.41, 5.74) is 1.11. The highest BCUT2D eigenvalue weighted by molar-refractivity contribution is 5.75. The molecular formula is C21H22F2N4O. The Kier molecular flexibility index (Phi) is 6.53. The lowest BCUT2D eigenvalue weighted by molar-refractivity contribution is -0.121. The van der Waals surface area contributed by atoms with Crippen LogP contribution in [0.3, 0.4) is 0 Å². The number of benzene rings is 1. The lowest BCUT2D eigenvalue weighted by Gasteiger charge is -2.33. The molecule has 146 valence electrons. The molecule has 1 fully saturated rings. The Labute approximate surface area is 163 Å². The highest BCUT2D eigenvalue weighted by Crippen LogP contribution is 2.25. The van der Waals surface area contributed by atoms with E-state index in [9.17, 15) is 13.6 Å². The maximum atomic E-state index is 13.2. The number of nitriles is 1. The molecule has 2 heterocycles. The van der Waals surface area contributed by atoms with Crippen LogP contribution in [0.25, 0.3) is 0 Å². The van der Waals surface area contributed by atoms with E-state index in [0.29, 0.717) is 23.5 Å². The van der Waals surface area contributed by atoms with Crippen LogP contribution in [0.2, 0.25) is 0 Å². The molecule has 7 heteroatoms. The van der Waals surface area contributed by atoms with Gasteiger partial charge in [0.15, 0.2) is 11.6 Å². The van der Waals surface area contributed by atoms with Crippen LogP contribution in [0.5, 0.6) is 0 Å². The Morgan fingerprint density at radius 1 is 1.29 bits per heavy atom. The largest absolute Gasteiger partial charge is 0.356 e. The summed E-state index contributed by atoms with van der Waals surface area (Å²) < 4.78 is 26.1. The van der Waals surface area contributed by atoms with Gasteiger partial charge in [0.1, 0.15) is 5.82 Å². The molecule has 0 bridgehead atoms. The number of nitrogens with zero attached hydrogens (tertiary/aromatic N) is 3. The minimum atomic E-state index is -0.914. The molecule has 1 amide bonds. The van der Waals surface area contributed by atoms with Crippen LogP contribution < -0.4 is 10.2 Å². The van der Waals surface area contributed by atoms with Gasteiger partial charge >= 0.3 is 0 Å². The number of rotatable bonds is 6. The zero-order valence-electron chi connectivity index (χ0n) is 15.5. The number of anilines is 1. The Hall–Kier alpha value is -3.01. The van der Waals surface area contributed by atoms with Gasteiger partial charge in [0, 0.05) is 32.3 Å². The summed E-state index contributed by atoms with van der Waals surface area (Å²) in [4.78, 5) is 18.6. The first-order chi connectivity index (χ1) is 13.5. The maximum Gasteiger partial charge on any atom is 0.220 e. The van der Waals surface area contributed by atoms with Gasteiger partial charge in [-0.1, -0.05) is 6.07 Å². The zero-order valence-corrected chi connectivity index (χ0v) is 15.5. The molecule has 3 rings (SSSR count). The monoisotopic (exact) mass is 384 g/mol. The van der Waals surface area contributed by atoms with Crippen LogP contribution in [0.1, 0.15) is 36.8 Å². The molecule has 0 aliphatic carbocycles. The first-order valence-electron chi connectivity index (χ1n) is 9.37. The molecule has 1 aromatic carbocycles. The number of carbonyl (C=O) groups is 1. The molecular weight excluding hydrogens is 362 g/mol. The van der Waals surface area contributed by atoms with E-state index in [2.05, 4.69) is 21.3 Å². The van der Waals surface area contributed by atoms with Gasteiger partial charge in [-0.2, -0.15) is 5.26 Å². The fourth-order valence-electron chi connectivity index (χ4n) is 3.44. The Bertz CT molecular complexity index is 881. The number of hydrogen-bond acceptors (Lipinski definition) is 4. The summed E-state index contributed by atoms with van der Waals surface area (Å²) in [6.45, 7) is 1.87. The number of hydrogen-bond donors (Lipinski definition) is 1. The summed E-state index contributed by atoms with van der Waals surface area (Å²) in [5.74, 6) is -0.747. The first-order valence-corrected chi connectivity index (χ1v) is 9.37. The van der Waals surface area contributed by atoms with Gasteiger partial charge in [-0.15, -0.1) is 0 Å². The van der Waals surface area contributed by atoms with Crippen molar-refractivity contribution in [3.05, 3.63) is 59.3 Å². The van der Waals surface area contributed by atoms with Crippen LogP contribution in [-0.2, 0) is 11.3 Å². The normalized spacial score (nSPS) is 16.5. The minimum absolute atomic E-state index is 0.105. The summed E-state index contributed by atoms with van der Waals surface area (Å²) in [6.07, 6.45) is 4.83. The van der Waals surface area contributed by atoms with Crippen molar-refractivity contribution in [3.63, 3.8) is 0 Å². The molecule has 1 saturated heterocycles. The van der Waals surface area contributed by atoms with Gasteiger partial charge in [0.05, 0.1) is 11.6 Å². The summed E-state index contributed by atoms with van der Waals surface area (Å²) >= 11 is 0. The second-order valence-electron chi connectivity index (χ2n) is 7.03. The van der Waals surface area contributed by atoms with E-state index in [1.54, 1.807) is 18.3 Å². The predicted octanol–water partition coefficient (Wildman–Crippen LogP) is 3.54. The molecule has 0 saturated carbocycles. The number of halogens is 2. The third kappa shape index (κ3) is 5.26. The Morgan fingerprint density at radius 3 is 2.93 bits per heavy atom. The van der Waals surface area contributed by atoms with E-state index in [4.69, 9.17) is 5.26 Å². The van der Waals surface area contributed by atoms with Crippen molar-refractivity contribution in [2.45, 2.75) is 32.2 Å². The highest BCUT2D eigenvalue weighted by Gasteiger charge is 2.21. The topological polar surface area (TPSA) is 69.0 Å². The minimum Gasteiger partial charge on any atom is -0.356 e. The van der Waals surface area contributed by atoms with E-state index in [-0.39, 0.29) is 12.5 Å². The third-order valence-electron chi connectivity index (χ3n) is 4.97. The van der Waals surface area contributed by atoms with Crippen molar-refractivity contribution < 1.29 is 13.6 Å². The predicted molar refractivity (Wildman–Crippen MR) is 101 cm³/mol. The van der Waals surface area contributed by atoms with Gasteiger partial charge < -0.3 is 10.2 Å². The van der Waals surface area contributed by atoms with Crippen LogP contribution in [0.15, 0.2) is 36.5 Å². The molecule has 1 aliphatic heterocycles. The van der Waals surface area contributed by atoms with Gasteiger partial charge in [-0.25, -0.2) is 13.8 Å². The Morgan fingerprint density at radius 2 is 2.14 bits per heavy atom. The number of piperidine rings is 1. The number of carbonyl (C=O) groups excluding carboxylic acids is 1. The van der Waals surface area contributed by atoms with E-state index < -0.39 is 11.6 Å². The van der Waals surface area contributed by atoms with Crippen LogP contribution in [0, 0.1) is 28.9 Å². The van der Waals surface area contributed by atoms with E-state index in [0.717, 1.165) is 50.3 Å². The highest BCUT2D eigenvalue weighted by atomic mass is 19.2. The van der Waals surface area contributed by atoms with Crippen molar-refractivity contribution in [3.8, 4) is 6.07 Å². The van der Waals surface area contributed by atoms with Gasteiger partial charge in [0.25, 0.3) is 0 Å². The van der Waals surface area contributed by atoms with Gasteiger partial charge in [0.2, 0.25) is 5.91 Å². The molecule has 1 aliphatic rings. The van der Waals surface area contributed by atoms with E-state index in [1.165, 1.54) is 6.07 Å². The lowest BCUT2D eigenvalue weighted by atomic mass is 9.93. The fourth-order valence-corrected chi connectivity index (χ4v) is 3.44. The molecule has 28 heavy (non-hydrogen) atoms. The van der Waals surface area contributed by atoms with Gasteiger partial charge in [-0.05, 0) is 55.0 Å². The SMILES string of the molecule is N#Cc1ccnc(N2CCC[C@@H](CCC(=O)NCc3ccc(F)c(F)c3)C2)c1. The van der Waals surface area contributed by atoms with E-state index in [1.807, 2.05) is 0 Å². The van der Waals surface area contributed by atoms with Crippen molar-refractivity contribution in [1.29, 1.82) is 5.26 Å². The number of aromatic nitrogens is 1. The maximum absolute atomic E-state index is 13.2. The second-order valence-corrected chi connectivity index (χ2v) is 7.03. The molecule has 1 N–H and O–H groups in total. The Balaban J connectivity index is 1.46. The smallest absolute Gasteiger partial charge is 0.220 e. The van der Waals surface area contributed by atoms with Crippen LogP contribution in [0.4, 0.5) is 14.6 Å². The summed E-state index contributed by atoms with van der Waals surface area (Å²) in [6, 6.07) is 9.21. The summed E-state index contributed by atoms with van der Waals surface area (Å²) in [7, 11) is 0. The zero-order chi connectivity index (χ0) is 19.9. The van der Waals surface area contributed by atoms with Crippen LogP contribution >= 0.6 is 0 Å². The average Bonchev–Trinajstić information content (AvgIpc) is 2.73. The number of amides is 1. The first kappa shape index (κ1) is 19.7. The molecule has 0 radical (unpaired) electrons. The number of nitrogens with one attached hydrogen (secondary N) is 1. The van der Waals surface area contributed by atoms with Crippen molar-refractivity contribution in [2.75, 3.05) is 18.0 Å². The summed E-state index contributed by atoms with van der Waals surface area (Å²) in [5, 5.41) is 11.8. The fraction of sp³-hybridized carbons (Fsp3) is 0.381. The lowest BCUT2D eigenvalue weighted by Crippen LogP contribution is -2.36. The molecule has 5 nitrogen and oxygen atoms in total.